The molecule has 2 aliphatic heterocycles. The zero-order valence-corrected chi connectivity index (χ0v) is 17.8. The molecule has 2 aromatic carbocycles. The van der Waals surface area contributed by atoms with Gasteiger partial charge in [0.15, 0.2) is 0 Å². The number of sulfonamides is 1. The van der Waals surface area contributed by atoms with E-state index < -0.39 is 10.0 Å². The fourth-order valence-electron chi connectivity index (χ4n) is 4.58. The largest absolute Gasteiger partial charge is 0.495 e. The molecule has 2 saturated heterocycles. The van der Waals surface area contributed by atoms with Crippen LogP contribution in [0.3, 0.4) is 0 Å². The van der Waals surface area contributed by atoms with E-state index in [9.17, 15) is 8.42 Å². The van der Waals surface area contributed by atoms with E-state index in [4.69, 9.17) is 4.74 Å². The molecule has 2 fully saturated rings. The highest BCUT2D eigenvalue weighted by Gasteiger charge is 2.35. The Morgan fingerprint density at radius 1 is 0.897 bits per heavy atom. The number of ether oxygens (including phenoxy) is 1. The van der Waals surface area contributed by atoms with E-state index in [0.717, 1.165) is 50.5 Å². The number of benzene rings is 2. The van der Waals surface area contributed by atoms with Crippen LogP contribution in [0.5, 0.6) is 5.75 Å². The summed E-state index contributed by atoms with van der Waals surface area (Å²) in [5.74, 6) is 0.926. The van der Waals surface area contributed by atoms with Crippen molar-refractivity contribution in [3.05, 3.63) is 54.6 Å². The summed E-state index contributed by atoms with van der Waals surface area (Å²) in [7, 11) is -1.65. The third-order valence-corrected chi connectivity index (χ3v) is 8.16. The number of rotatable bonds is 5. The highest BCUT2D eigenvalue weighted by Crippen LogP contribution is 2.27. The second-order valence-electron chi connectivity index (χ2n) is 7.81. The van der Waals surface area contributed by atoms with Crippen LogP contribution in [0, 0.1) is 0 Å². The van der Waals surface area contributed by atoms with Crippen LogP contribution in [0.2, 0.25) is 0 Å². The van der Waals surface area contributed by atoms with Gasteiger partial charge in [0, 0.05) is 25.9 Å². The summed E-state index contributed by atoms with van der Waals surface area (Å²) in [5.41, 5.74) is 1.16. The normalized spacial score (nSPS) is 20.0. The van der Waals surface area contributed by atoms with Crippen LogP contribution in [0.25, 0.3) is 0 Å². The highest BCUT2D eigenvalue weighted by molar-refractivity contribution is 7.89. The molecule has 0 amide bonds. The fourth-order valence-corrected chi connectivity index (χ4v) is 6.07. The summed E-state index contributed by atoms with van der Waals surface area (Å²) < 4.78 is 32.8. The average molecular weight is 417 g/mol. The monoisotopic (exact) mass is 416 g/mol. The van der Waals surface area contributed by atoms with Crippen LogP contribution in [-0.4, -0.2) is 65.1 Å². The first-order valence-electron chi connectivity index (χ1n) is 10.4. The van der Waals surface area contributed by atoms with E-state index in [1.165, 1.54) is 0 Å². The lowest BCUT2D eigenvalue weighted by atomic mass is 10.0. The molecule has 2 aliphatic rings. The van der Waals surface area contributed by atoms with Crippen molar-refractivity contribution in [1.29, 1.82) is 0 Å². The summed E-state index contributed by atoms with van der Waals surface area (Å²) in [6.45, 7) is 5.38. The van der Waals surface area contributed by atoms with E-state index in [2.05, 4.69) is 17.0 Å². The first-order valence-corrected chi connectivity index (χ1v) is 11.8. The summed E-state index contributed by atoms with van der Waals surface area (Å²) >= 11 is 0. The van der Waals surface area contributed by atoms with Gasteiger partial charge in [-0.2, -0.15) is 4.31 Å². The Morgan fingerprint density at radius 2 is 1.52 bits per heavy atom. The summed E-state index contributed by atoms with van der Waals surface area (Å²) in [4.78, 5) is 4.40. The molecule has 0 spiro atoms. The number of nitrogens with one attached hydrogen (secondary N) is 1. The molecule has 2 heterocycles. The van der Waals surface area contributed by atoms with Gasteiger partial charge in [0.1, 0.15) is 5.75 Å². The first-order chi connectivity index (χ1) is 14.1. The standard InChI is InChI=1S/C22H29N3O3S/c1-28-22-10-6-5-9-21(22)24-17-15-23(16-18-24)19-11-13-25(14-12-19)29(26,27)20-7-3-2-4-8-20/h2-10,19H,11-18H2,1H3/p+1. The molecule has 6 nitrogen and oxygen atoms in total. The molecule has 0 aliphatic carbocycles. The Labute approximate surface area is 173 Å². The predicted molar refractivity (Wildman–Crippen MR) is 114 cm³/mol. The fraction of sp³-hybridized carbons (Fsp3) is 0.455. The van der Waals surface area contributed by atoms with Gasteiger partial charge in [-0.15, -0.1) is 0 Å². The third kappa shape index (κ3) is 4.27. The van der Waals surface area contributed by atoms with Crippen molar-refractivity contribution in [2.45, 2.75) is 23.8 Å². The zero-order chi connectivity index (χ0) is 20.3. The molecule has 0 aromatic heterocycles. The number of hydrogen-bond donors (Lipinski definition) is 1. The minimum atomic E-state index is -3.37. The van der Waals surface area contributed by atoms with Crippen molar-refractivity contribution in [1.82, 2.24) is 4.31 Å². The summed E-state index contributed by atoms with van der Waals surface area (Å²) in [5, 5.41) is 0. The van der Waals surface area contributed by atoms with Gasteiger partial charge in [0.25, 0.3) is 0 Å². The molecule has 0 atom stereocenters. The van der Waals surface area contributed by atoms with Crippen LogP contribution in [0.1, 0.15) is 12.8 Å². The predicted octanol–water partition coefficient (Wildman–Crippen LogP) is 1.25. The van der Waals surface area contributed by atoms with Crippen LogP contribution in [0.4, 0.5) is 5.69 Å². The molecular formula is C22H30N3O3S+. The Balaban J connectivity index is 1.32. The van der Waals surface area contributed by atoms with Gasteiger partial charge in [0.05, 0.1) is 49.9 Å². The lowest BCUT2D eigenvalue weighted by Crippen LogP contribution is -3.18. The highest BCUT2D eigenvalue weighted by atomic mass is 32.2. The number of methoxy groups -OCH3 is 1. The molecule has 0 unspecified atom stereocenters. The van der Waals surface area contributed by atoms with Crippen molar-refractivity contribution in [2.75, 3.05) is 51.3 Å². The van der Waals surface area contributed by atoms with Gasteiger partial charge < -0.3 is 14.5 Å². The molecule has 0 bridgehead atoms. The summed E-state index contributed by atoms with van der Waals surface area (Å²) in [6, 6.07) is 17.5. The second-order valence-corrected chi connectivity index (χ2v) is 9.75. The second kappa shape index (κ2) is 8.73. The zero-order valence-electron chi connectivity index (χ0n) is 17.0. The maximum atomic E-state index is 12.8. The number of piperazine rings is 1. The van der Waals surface area contributed by atoms with Gasteiger partial charge >= 0.3 is 0 Å². The molecule has 0 radical (unpaired) electrons. The van der Waals surface area contributed by atoms with E-state index >= 15 is 0 Å². The number of anilines is 1. The number of piperidine rings is 1. The molecule has 29 heavy (non-hydrogen) atoms. The average Bonchev–Trinajstić information content (AvgIpc) is 2.80. The Hall–Kier alpha value is -2.09. The van der Waals surface area contributed by atoms with Crippen molar-refractivity contribution < 1.29 is 18.1 Å². The van der Waals surface area contributed by atoms with Crippen LogP contribution in [0.15, 0.2) is 59.5 Å². The van der Waals surface area contributed by atoms with E-state index in [1.54, 1.807) is 40.6 Å². The van der Waals surface area contributed by atoms with Crippen LogP contribution >= 0.6 is 0 Å². The van der Waals surface area contributed by atoms with Gasteiger partial charge in [-0.1, -0.05) is 30.3 Å². The van der Waals surface area contributed by atoms with Crippen molar-refractivity contribution in [3.63, 3.8) is 0 Å². The molecule has 1 N–H and O–H groups in total. The maximum absolute atomic E-state index is 12.8. The molecule has 0 saturated carbocycles. The SMILES string of the molecule is COc1ccccc1N1CC[NH+](C2CCN(S(=O)(=O)c3ccccc3)CC2)CC1. The number of quaternary nitrogens is 1. The van der Waals surface area contributed by atoms with E-state index in [0.29, 0.717) is 24.0 Å². The van der Waals surface area contributed by atoms with E-state index in [-0.39, 0.29) is 0 Å². The van der Waals surface area contributed by atoms with Crippen molar-refractivity contribution in [2.24, 2.45) is 0 Å². The Morgan fingerprint density at radius 3 is 2.17 bits per heavy atom. The topological polar surface area (TPSA) is 54.3 Å². The van der Waals surface area contributed by atoms with Crippen LogP contribution in [-0.2, 0) is 10.0 Å². The van der Waals surface area contributed by atoms with Gasteiger partial charge in [-0.25, -0.2) is 8.42 Å². The van der Waals surface area contributed by atoms with Gasteiger partial charge in [-0.3, -0.25) is 0 Å². The third-order valence-electron chi connectivity index (χ3n) is 6.24. The number of nitrogens with zero attached hydrogens (tertiary/aromatic N) is 2. The van der Waals surface area contributed by atoms with E-state index in [1.807, 2.05) is 18.2 Å². The lowest BCUT2D eigenvalue weighted by Gasteiger charge is -2.40. The first kappa shape index (κ1) is 20.2. The smallest absolute Gasteiger partial charge is 0.243 e. The summed E-state index contributed by atoms with van der Waals surface area (Å²) in [6.07, 6.45) is 1.85. The molecule has 156 valence electrons. The molecule has 4 rings (SSSR count). The van der Waals surface area contributed by atoms with Gasteiger partial charge in [-0.05, 0) is 24.3 Å². The Kier molecular flexibility index (Phi) is 6.08. The minimum absolute atomic E-state index is 0.399. The quantitative estimate of drug-likeness (QED) is 0.797. The molecule has 7 heteroatoms. The number of para-hydroxylation sites is 2. The van der Waals surface area contributed by atoms with Crippen molar-refractivity contribution >= 4 is 15.7 Å². The van der Waals surface area contributed by atoms with Crippen LogP contribution < -0.4 is 14.5 Å². The molecule has 2 aromatic rings. The Bertz CT molecular complexity index is 904. The molecular weight excluding hydrogens is 386 g/mol. The van der Waals surface area contributed by atoms with Crippen molar-refractivity contribution in [3.8, 4) is 5.75 Å². The minimum Gasteiger partial charge on any atom is -0.495 e. The lowest BCUT2D eigenvalue weighted by molar-refractivity contribution is -0.927. The number of hydrogen-bond acceptors (Lipinski definition) is 4. The maximum Gasteiger partial charge on any atom is 0.243 e. The van der Waals surface area contributed by atoms with Gasteiger partial charge in [0.2, 0.25) is 10.0 Å².